The van der Waals surface area contributed by atoms with Crippen molar-refractivity contribution in [2.45, 2.75) is 6.92 Å². The third-order valence-electron chi connectivity index (χ3n) is 2.16. The van der Waals surface area contributed by atoms with E-state index in [9.17, 15) is 9.90 Å². The van der Waals surface area contributed by atoms with Crippen LogP contribution in [0.15, 0.2) is 18.5 Å². The molecule has 2 aromatic rings. The molecule has 0 aromatic carbocycles. The highest BCUT2D eigenvalue weighted by Crippen LogP contribution is 2.31. The van der Waals surface area contributed by atoms with Gasteiger partial charge in [0.1, 0.15) is 17.0 Å². The fourth-order valence-corrected chi connectivity index (χ4v) is 2.36. The molecule has 0 aliphatic rings. The van der Waals surface area contributed by atoms with Gasteiger partial charge in [-0.25, -0.2) is 4.98 Å². The average Bonchev–Trinajstić information content (AvgIpc) is 2.71. The maximum absolute atomic E-state index is 10.7. The van der Waals surface area contributed by atoms with Crippen molar-refractivity contribution in [1.29, 1.82) is 5.26 Å². The van der Waals surface area contributed by atoms with Crippen molar-refractivity contribution >= 4 is 17.3 Å². The highest BCUT2D eigenvalue weighted by molar-refractivity contribution is 7.17. The maximum Gasteiger partial charge on any atom is 0.139 e. The van der Waals surface area contributed by atoms with Gasteiger partial charge in [0.05, 0.1) is 16.1 Å². The molecule has 0 aliphatic heterocycles. The Kier molecular flexibility index (Phi) is 2.85. The number of carbonyl (C=O) groups excluding carboxylic acids is 1. The van der Waals surface area contributed by atoms with E-state index in [1.165, 1.54) is 6.20 Å². The van der Waals surface area contributed by atoms with Crippen LogP contribution in [-0.2, 0) is 0 Å². The second-order valence-corrected chi connectivity index (χ2v) is 4.25. The zero-order valence-corrected chi connectivity index (χ0v) is 9.61. The summed E-state index contributed by atoms with van der Waals surface area (Å²) in [6.07, 6.45) is 2.99. The van der Waals surface area contributed by atoms with Gasteiger partial charge in [0.2, 0.25) is 0 Å². The Morgan fingerprint density at radius 1 is 1.59 bits per heavy atom. The number of aromatic nitrogens is 2. The molecule has 0 saturated carbocycles. The zero-order chi connectivity index (χ0) is 12.4. The molecule has 0 radical (unpaired) electrons. The van der Waals surface area contributed by atoms with Crippen LogP contribution in [-0.4, -0.2) is 15.9 Å². The first-order valence-corrected chi connectivity index (χ1v) is 5.48. The van der Waals surface area contributed by atoms with E-state index in [0.29, 0.717) is 21.7 Å². The Labute approximate surface area is 101 Å². The molecule has 2 aromatic heterocycles. The minimum atomic E-state index is -1.31. The lowest BCUT2D eigenvalue weighted by Gasteiger charge is -2.00. The molecule has 0 aliphatic carbocycles. The van der Waals surface area contributed by atoms with Crippen LogP contribution in [0.4, 0.5) is 0 Å². The van der Waals surface area contributed by atoms with Crippen molar-refractivity contribution in [2.75, 3.05) is 0 Å². The predicted molar refractivity (Wildman–Crippen MR) is 59.1 cm³/mol. The molecule has 0 fully saturated rings. The first kappa shape index (κ1) is 11.2. The second-order valence-electron chi connectivity index (χ2n) is 3.25. The zero-order valence-electron chi connectivity index (χ0n) is 8.80. The quantitative estimate of drug-likeness (QED) is 0.777. The molecular weight excluding hydrogens is 238 g/mol. The smallest absolute Gasteiger partial charge is 0.139 e. The number of thiazole rings is 1. The van der Waals surface area contributed by atoms with Crippen molar-refractivity contribution < 1.29 is 9.90 Å². The third kappa shape index (κ3) is 2.00. The molecule has 2 heterocycles. The molecule has 0 unspecified atom stereocenters. The number of carbonyl (C=O) groups is 1. The molecule has 6 heteroatoms. The number of aromatic carboxylic acids is 1. The molecule has 0 spiro atoms. The first-order valence-electron chi connectivity index (χ1n) is 4.66. The van der Waals surface area contributed by atoms with Crippen LogP contribution in [0.2, 0.25) is 0 Å². The fourth-order valence-electron chi connectivity index (χ4n) is 1.42. The molecule has 0 N–H and O–H groups in total. The van der Waals surface area contributed by atoms with Gasteiger partial charge in [-0.1, -0.05) is 0 Å². The monoisotopic (exact) mass is 244 g/mol. The van der Waals surface area contributed by atoms with Gasteiger partial charge in [0, 0.05) is 18.0 Å². The lowest BCUT2D eigenvalue weighted by atomic mass is 10.1. The molecule has 0 bridgehead atoms. The Hall–Kier alpha value is -2.26. The van der Waals surface area contributed by atoms with Crippen LogP contribution in [0.3, 0.4) is 0 Å². The molecule has 84 valence electrons. The van der Waals surface area contributed by atoms with Gasteiger partial charge in [0.15, 0.2) is 0 Å². The van der Waals surface area contributed by atoms with Gasteiger partial charge in [-0.3, -0.25) is 4.98 Å². The summed E-state index contributed by atoms with van der Waals surface area (Å²) in [7, 11) is 0. The standard InChI is InChI=1S/C11H7N3O2S/c1-6-9(17-10(14-6)11(15)16)8-2-3-13-5-7(8)4-12/h2-3,5H,1H3,(H,15,16)/p-1. The molecule has 0 amide bonds. The summed E-state index contributed by atoms with van der Waals surface area (Å²) in [6.45, 7) is 1.69. The largest absolute Gasteiger partial charge is 0.542 e. The third-order valence-corrected chi connectivity index (χ3v) is 3.33. The number of rotatable bonds is 2. The Bertz CT molecular complexity index is 628. The summed E-state index contributed by atoms with van der Waals surface area (Å²) in [6, 6.07) is 3.68. The SMILES string of the molecule is Cc1nc(C(=O)[O-])sc1-c1ccncc1C#N. The fraction of sp³-hybridized carbons (Fsp3) is 0.0909. The van der Waals surface area contributed by atoms with Gasteiger partial charge >= 0.3 is 0 Å². The van der Waals surface area contributed by atoms with Crippen molar-refractivity contribution in [3.05, 3.63) is 34.7 Å². The van der Waals surface area contributed by atoms with E-state index in [4.69, 9.17) is 5.26 Å². The number of nitriles is 1. The summed E-state index contributed by atoms with van der Waals surface area (Å²) < 4.78 is 0. The van der Waals surface area contributed by atoms with Crippen molar-refractivity contribution in [3.8, 4) is 16.5 Å². The molecule has 17 heavy (non-hydrogen) atoms. The van der Waals surface area contributed by atoms with Crippen molar-refractivity contribution in [3.63, 3.8) is 0 Å². The van der Waals surface area contributed by atoms with E-state index < -0.39 is 5.97 Å². The normalized spacial score (nSPS) is 9.88. The van der Waals surface area contributed by atoms with Crippen LogP contribution in [0.5, 0.6) is 0 Å². The first-order chi connectivity index (χ1) is 8.13. The van der Waals surface area contributed by atoms with E-state index in [1.54, 1.807) is 19.2 Å². The minimum absolute atomic E-state index is 0.0850. The molecule has 2 rings (SSSR count). The highest BCUT2D eigenvalue weighted by Gasteiger charge is 2.13. The van der Waals surface area contributed by atoms with Crippen molar-refractivity contribution in [2.24, 2.45) is 0 Å². The van der Waals surface area contributed by atoms with Crippen LogP contribution < -0.4 is 5.11 Å². The summed E-state index contributed by atoms with van der Waals surface area (Å²) in [5, 5.41) is 19.6. The Balaban J connectivity index is 2.61. The van der Waals surface area contributed by atoms with Gasteiger partial charge in [-0.15, -0.1) is 11.3 Å². The van der Waals surface area contributed by atoms with Gasteiger partial charge < -0.3 is 9.90 Å². The van der Waals surface area contributed by atoms with Gasteiger partial charge in [0.25, 0.3) is 0 Å². The number of nitrogens with zero attached hydrogens (tertiary/aromatic N) is 3. The average molecular weight is 244 g/mol. The number of aryl methyl sites for hydroxylation is 1. The number of hydrogen-bond acceptors (Lipinski definition) is 6. The topological polar surface area (TPSA) is 89.7 Å². The molecule has 0 saturated heterocycles. The minimum Gasteiger partial charge on any atom is -0.542 e. The number of pyridine rings is 1. The van der Waals surface area contributed by atoms with E-state index in [0.717, 1.165) is 11.3 Å². The van der Waals surface area contributed by atoms with Crippen LogP contribution >= 0.6 is 11.3 Å². The predicted octanol–water partition coefficient (Wildman–Crippen LogP) is 0.749. The van der Waals surface area contributed by atoms with Crippen LogP contribution in [0, 0.1) is 18.3 Å². The summed E-state index contributed by atoms with van der Waals surface area (Å²) in [5.41, 5.74) is 1.60. The lowest BCUT2D eigenvalue weighted by molar-refractivity contribution is -0.255. The lowest BCUT2D eigenvalue weighted by Crippen LogP contribution is -2.21. The number of hydrogen-bond donors (Lipinski definition) is 0. The number of carboxylic acid groups (broad SMARTS) is 1. The molecule has 0 atom stereocenters. The van der Waals surface area contributed by atoms with Crippen LogP contribution in [0.25, 0.3) is 10.4 Å². The van der Waals surface area contributed by atoms with Gasteiger partial charge in [-0.2, -0.15) is 5.26 Å². The van der Waals surface area contributed by atoms with E-state index >= 15 is 0 Å². The van der Waals surface area contributed by atoms with Gasteiger partial charge in [-0.05, 0) is 13.0 Å². The second kappa shape index (κ2) is 4.31. The van der Waals surface area contributed by atoms with E-state index in [1.807, 2.05) is 6.07 Å². The summed E-state index contributed by atoms with van der Waals surface area (Å²) in [4.78, 5) is 19.1. The molecule has 5 nitrogen and oxygen atoms in total. The maximum atomic E-state index is 10.7. The van der Waals surface area contributed by atoms with Crippen LogP contribution in [0.1, 0.15) is 21.1 Å². The number of carboxylic acids is 1. The molecular formula is C11H6N3O2S-. The van der Waals surface area contributed by atoms with E-state index in [2.05, 4.69) is 9.97 Å². The summed E-state index contributed by atoms with van der Waals surface area (Å²) >= 11 is 0.998. The Morgan fingerprint density at radius 3 is 2.94 bits per heavy atom. The highest BCUT2D eigenvalue weighted by atomic mass is 32.1. The van der Waals surface area contributed by atoms with Crippen molar-refractivity contribution in [1.82, 2.24) is 9.97 Å². The Morgan fingerprint density at radius 2 is 2.35 bits per heavy atom. The van der Waals surface area contributed by atoms with E-state index in [-0.39, 0.29) is 5.01 Å². The summed E-state index contributed by atoms with van der Waals surface area (Å²) in [5.74, 6) is -1.31.